The average molecular weight is 582 g/mol. The van der Waals surface area contributed by atoms with E-state index in [1.807, 2.05) is 4.90 Å². The van der Waals surface area contributed by atoms with Gasteiger partial charge < -0.3 is 29.5 Å². The fourth-order valence-electron chi connectivity index (χ4n) is 5.29. The van der Waals surface area contributed by atoms with E-state index in [1.54, 1.807) is 30.6 Å². The molecule has 2 aliphatic rings. The van der Waals surface area contributed by atoms with E-state index in [1.165, 1.54) is 11.7 Å². The molecule has 42 heavy (non-hydrogen) atoms. The first kappa shape index (κ1) is 27.9. The number of rotatable bonds is 8. The third kappa shape index (κ3) is 5.61. The van der Waals surface area contributed by atoms with Crippen molar-refractivity contribution in [2.75, 3.05) is 75.7 Å². The van der Waals surface area contributed by atoms with E-state index in [9.17, 15) is 8.78 Å². The molecule has 1 N–H and O–H groups in total. The van der Waals surface area contributed by atoms with Crippen LogP contribution in [0.25, 0.3) is 17.0 Å². The van der Waals surface area contributed by atoms with Gasteiger partial charge in [0.2, 0.25) is 23.8 Å². The van der Waals surface area contributed by atoms with E-state index in [0.29, 0.717) is 61.2 Å². The van der Waals surface area contributed by atoms with Crippen molar-refractivity contribution >= 4 is 34.6 Å². The van der Waals surface area contributed by atoms with Crippen LogP contribution in [0.5, 0.6) is 5.75 Å². The molecular weight excluding hydrogens is 548 g/mol. The summed E-state index contributed by atoms with van der Waals surface area (Å²) in [4.78, 5) is 33.4. The number of nitrogens with zero attached hydrogens (tertiary/aromatic N) is 10. The Bertz CT molecular complexity index is 1520. The number of aromatic nitrogens is 7. The molecule has 4 aromatic rings. The van der Waals surface area contributed by atoms with Gasteiger partial charge in [0.25, 0.3) is 6.43 Å². The molecule has 13 nitrogen and oxygen atoms in total. The highest BCUT2D eigenvalue weighted by Crippen LogP contribution is 2.32. The molecule has 0 bridgehead atoms. The number of methoxy groups -OCH3 is 1. The van der Waals surface area contributed by atoms with E-state index in [2.05, 4.69) is 59.1 Å². The van der Waals surface area contributed by atoms with Crippen molar-refractivity contribution in [3.63, 3.8) is 0 Å². The van der Waals surface area contributed by atoms with Crippen LogP contribution in [-0.2, 0) is 4.74 Å². The first-order valence-electron chi connectivity index (χ1n) is 13.8. The van der Waals surface area contributed by atoms with Crippen LogP contribution in [0.1, 0.15) is 25.1 Å². The molecule has 222 valence electrons. The van der Waals surface area contributed by atoms with Crippen molar-refractivity contribution in [1.82, 2.24) is 39.4 Å². The Labute approximate surface area is 241 Å². The monoisotopic (exact) mass is 581 g/mol. The largest absolute Gasteiger partial charge is 0.494 e. The maximum atomic E-state index is 14.3. The number of fused-ring (bicyclic) bond motifs is 1. The molecule has 2 fully saturated rings. The number of ether oxygens (including phenoxy) is 2. The highest BCUT2D eigenvalue weighted by atomic mass is 19.3. The summed E-state index contributed by atoms with van der Waals surface area (Å²) in [5, 5.41) is 3.14. The fraction of sp³-hybridized carbons (Fsp3) is 0.481. The Morgan fingerprint density at radius 3 is 2.29 bits per heavy atom. The average Bonchev–Trinajstić information content (AvgIpc) is 3.42. The standard InChI is InChI=1S/C27H33F2N11O2/c1-37(2)18-7-9-38(10-8-18)25-30-15-17(16-31-25)32-24-34-26(39-11-13-42-14-12-39)36-27(35-24)40-19-5-4-6-20(41-3)21(19)33-23(40)22(28)29/h4-6,15-16,18,22H,7-14H2,1-3H3,(H,32,34,35,36). The van der Waals surface area contributed by atoms with E-state index >= 15 is 0 Å². The minimum atomic E-state index is -2.88. The SMILES string of the molecule is COc1cccc2c1nc(C(F)F)n2-c1nc(Nc2cnc(N3CCC(N(C)C)CC3)nc2)nc(N2CCOCC2)n1. The van der Waals surface area contributed by atoms with E-state index in [-0.39, 0.29) is 17.4 Å². The number of benzene rings is 1. The lowest BCUT2D eigenvalue weighted by Gasteiger charge is -2.35. The Kier molecular flexibility index (Phi) is 7.93. The molecular formula is C27H33F2N11O2. The molecule has 5 heterocycles. The van der Waals surface area contributed by atoms with Gasteiger partial charge in [-0.25, -0.2) is 23.7 Å². The number of imidazole rings is 1. The normalized spacial score (nSPS) is 16.5. The Morgan fingerprint density at radius 2 is 1.62 bits per heavy atom. The maximum absolute atomic E-state index is 14.3. The van der Waals surface area contributed by atoms with Gasteiger partial charge in [0.15, 0.2) is 5.82 Å². The van der Waals surface area contributed by atoms with Crippen LogP contribution < -0.4 is 19.9 Å². The van der Waals surface area contributed by atoms with Gasteiger partial charge in [0.1, 0.15) is 11.3 Å². The summed E-state index contributed by atoms with van der Waals surface area (Å²) in [6.45, 7) is 3.85. The quantitative estimate of drug-likeness (QED) is 0.329. The van der Waals surface area contributed by atoms with Gasteiger partial charge in [-0.3, -0.25) is 4.57 Å². The number of anilines is 4. The molecule has 15 heteroatoms. The number of piperidine rings is 1. The molecule has 3 aromatic heterocycles. The molecule has 0 atom stereocenters. The molecule has 2 aliphatic heterocycles. The van der Waals surface area contributed by atoms with Gasteiger partial charge in [0.05, 0.1) is 43.9 Å². The van der Waals surface area contributed by atoms with Crippen LogP contribution in [-0.4, -0.2) is 106 Å². The lowest BCUT2D eigenvalue weighted by atomic mass is 10.0. The molecule has 1 aromatic carbocycles. The lowest BCUT2D eigenvalue weighted by Crippen LogP contribution is -2.42. The zero-order chi connectivity index (χ0) is 29.2. The Morgan fingerprint density at radius 1 is 0.929 bits per heavy atom. The molecule has 0 amide bonds. The van der Waals surface area contributed by atoms with E-state index < -0.39 is 12.2 Å². The second-order valence-corrected chi connectivity index (χ2v) is 10.4. The fourth-order valence-corrected chi connectivity index (χ4v) is 5.29. The second kappa shape index (κ2) is 11.9. The predicted molar refractivity (Wildman–Crippen MR) is 153 cm³/mol. The molecule has 0 saturated carbocycles. The number of halogens is 2. The first-order chi connectivity index (χ1) is 20.4. The number of nitrogens with one attached hydrogen (secondary N) is 1. The van der Waals surface area contributed by atoms with E-state index in [4.69, 9.17) is 9.47 Å². The first-order valence-corrected chi connectivity index (χ1v) is 13.8. The van der Waals surface area contributed by atoms with Crippen LogP contribution >= 0.6 is 0 Å². The van der Waals surface area contributed by atoms with Crippen molar-refractivity contribution in [3.8, 4) is 11.7 Å². The molecule has 2 saturated heterocycles. The summed E-state index contributed by atoms with van der Waals surface area (Å²) < 4.78 is 40.7. The minimum Gasteiger partial charge on any atom is -0.494 e. The second-order valence-electron chi connectivity index (χ2n) is 10.4. The third-order valence-electron chi connectivity index (χ3n) is 7.57. The van der Waals surface area contributed by atoms with Crippen molar-refractivity contribution < 1.29 is 18.3 Å². The van der Waals surface area contributed by atoms with Gasteiger partial charge in [-0.2, -0.15) is 15.0 Å². The smallest absolute Gasteiger partial charge is 0.296 e. The summed E-state index contributed by atoms with van der Waals surface area (Å²) in [7, 11) is 5.68. The van der Waals surface area contributed by atoms with E-state index in [0.717, 1.165) is 25.9 Å². The lowest BCUT2D eigenvalue weighted by molar-refractivity contribution is 0.122. The molecule has 0 unspecified atom stereocenters. The molecule has 6 rings (SSSR count). The minimum absolute atomic E-state index is 0.00125. The zero-order valence-electron chi connectivity index (χ0n) is 23.7. The van der Waals surface area contributed by atoms with Crippen molar-refractivity contribution in [2.45, 2.75) is 25.3 Å². The summed E-state index contributed by atoms with van der Waals surface area (Å²) in [6.07, 6.45) is 2.54. The van der Waals surface area contributed by atoms with Gasteiger partial charge in [0, 0.05) is 32.2 Å². The van der Waals surface area contributed by atoms with Crippen LogP contribution in [0.2, 0.25) is 0 Å². The van der Waals surface area contributed by atoms with Gasteiger partial charge in [-0.1, -0.05) is 6.07 Å². The van der Waals surface area contributed by atoms with Crippen molar-refractivity contribution in [2.24, 2.45) is 0 Å². The van der Waals surface area contributed by atoms with Gasteiger partial charge >= 0.3 is 0 Å². The highest BCUT2D eigenvalue weighted by Gasteiger charge is 2.26. The molecule has 0 radical (unpaired) electrons. The van der Waals surface area contributed by atoms with Crippen molar-refractivity contribution in [1.29, 1.82) is 0 Å². The highest BCUT2D eigenvalue weighted by molar-refractivity contribution is 5.84. The topological polar surface area (TPSA) is 122 Å². The number of alkyl halides is 2. The summed E-state index contributed by atoms with van der Waals surface area (Å²) in [5.41, 5.74) is 1.23. The predicted octanol–water partition coefficient (Wildman–Crippen LogP) is 3.06. The summed E-state index contributed by atoms with van der Waals surface area (Å²) in [5.74, 6) is 1.03. The third-order valence-corrected chi connectivity index (χ3v) is 7.57. The van der Waals surface area contributed by atoms with Crippen LogP contribution in [0.15, 0.2) is 30.6 Å². The number of hydrogen-bond acceptors (Lipinski definition) is 12. The molecule has 0 aliphatic carbocycles. The van der Waals surface area contributed by atoms with Gasteiger partial charge in [-0.15, -0.1) is 0 Å². The number of para-hydroxylation sites is 1. The zero-order valence-corrected chi connectivity index (χ0v) is 23.7. The Hall–Kier alpha value is -4.24. The summed E-state index contributed by atoms with van der Waals surface area (Å²) >= 11 is 0. The number of morpholine rings is 1. The van der Waals surface area contributed by atoms with Crippen LogP contribution in [0.4, 0.5) is 32.3 Å². The van der Waals surface area contributed by atoms with Crippen LogP contribution in [0, 0.1) is 0 Å². The van der Waals surface area contributed by atoms with Crippen LogP contribution in [0.3, 0.4) is 0 Å². The summed E-state index contributed by atoms with van der Waals surface area (Å²) in [6, 6.07) is 5.61. The molecule has 0 spiro atoms. The van der Waals surface area contributed by atoms with Gasteiger partial charge in [-0.05, 0) is 39.1 Å². The number of hydrogen-bond donors (Lipinski definition) is 1. The Balaban J connectivity index is 1.34. The van der Waals surface area contributed by atoms with Crippen molar-refractivity contribution in [3.05, 3.63) is 36.4 Å². The maximum Gasteiger partial charge on any atom is 0.296 e.